The van der Waals surface area contributed by atoms with Crippen LogP contribution in [0.25, 0.3) is 11.3 Å². The molecular formula is C21H19ClN2O3. The number of benzene rings is 2. The molecule has 0 spiro atoms. The van der Waals surface area contributed by atoms with Crippen LogP contribution in [-0.4, -0.2) is 29.6 Å². The highest BCUT2D eigenvalue weighted by atomic mass is 35.5. The van der Waals surface area contributed by atoms with Crippen LogP contribution in [0.3, 0.4) is 0 Å². The van der Waals surface area contributed by atoms with E-state index in [0.717, 1.165) is 29.7 Å². The first-order chi connectivity index (χ1) is 13.2. The summed E-state index contributed by atoms with van der Waals surface area (Å²) in [7, 11) is 1.61. The number of halogens is 1. The minimum Gasteiger partial charge on any atom is -0.497 e. The normalized spacial score (nSPS) is 16.5. The average molecular weight is 383 g/mol. The van der Waals surface area contributed by atoms with Crippen molar-refractivity contribution in [3.8, 4) is 17.0 Å². The van der Waals surface area contributed by atoms with Crippen LogP contribution >= 0.6 is 11.6 Å². The Balaban J connectivity index is 1.57. The largest absolute Gasteiger partial charge is 0.497 e. The van der Waals surface area contributed by atoms with Crippen LogP contribution in [0.1, 0.15) is 35.0 Å². The summed E-state index contributed by atoms with van der Waals surface area (Å²) in [5.74, 6) is 0.827. The molecular weight excluding hydrogens is 364 g/mol. The van der Waals surface area contributed by atoms with Crippen molar-refractivity contribution >= 4 is 17.5 Å². The Kier molecular flexibility index (Phi) is 4.86. The van der Waals surface area contributed by atoms with E-state index < -0.39 is 0 Å². The Labute approximate surface area is 162 Å². The predicted molar refractivity (Wildman–Crippen MR) is 103 cm³/mol. The number of aromatic nitrogens is 1. The molecule has 0 aliphatic carbocycles. The highest BCUT2D eigenvalue weighted by Gasteiger charge is 2.32. The van der Waals surface area contributed by atoms with Gasteiger partial charge in [0.15, 0.2) is 0 Å². The second-order valence-corrected chi connectivity index (χ2v) is 6.95. The fourth-order valence-corrected chi connectivity index (χ4v) is 3.60. The van der Waals surface area contributed by atoms with E-state index in [1.54, 1.807) is 13.2 Å². The molecule has 6 heteroatoms. The lowest BCUT2D eigenvalue weighted by Gasteiger charge is -2.24. The van der Waals surface area contributed by atoms with E-state index in [-0.39, 0.29) is 17.7 Å². The molecule has 5 nitrogen and oxygen atoms in total. The molecule has 0 unspecified atom stereocenters. The van der Waals surface area contributed by atoms with Crippen molar-refractivity contribution in [1.29, 1.82) is 0 Å². The molecule has 0 radical (unpaired) electrons. The molecule has 1 amide bonds. The van der Waals surface area contributed by atoms with Crippen LogP contribution in [-0.2, 0) is 0 Å². The van der Waals surface area contributed by atoms with Crippen LogP contribution in [0.5, 0.6) is 5.75 Å². The topological polar surface area (TPSA) is 55.6 Å². The molecule has 0 saturated carbocycles. The van der Waals surface area contributed by atoms with Crippen LogP contribution in [0.4, 0.5) is 0 Å². The van der Waals surface area contributed by atoms with Crippen LogP contribution in [0.2, 0.25) is 5.02 Å². The van der Waals surface area contributed by atoms with Gasteiger partial charge in [0.05, 0.1) is 13.2 Å². The third-order valence-corrected chi connectivity index (χ3v) is 5.11. The Morgan fingerprint density at radius 1 is 1.22 bits per heavy atom. The number of rotatable bonds is 4. The minimum atomic E-state index is -0.144. The van der Waals surface area contributed by atoms with Crippen molar-refractivity contribution in [2.75, 3.05) is 13.7 Å². The quantitative estimate of drug-likeness (QED) is 0.638. The molecule has 2 aromatic carbocycles. The van der Waals surface area contributed by atoms with Gasteiger partial charge >= 0.3 is 0 Å². The average Bonchev–Trinajstić information content (AvgIpc) is 3.38. The van der Waals surface area contributed by atoms with Crippen molar-refractivity contribution in [2.24, 2.45) is 0 Å². The number of methoxy groups -OCH3 is 1. The number of likely N-dealkylation sites (tertiary alicyclic amines) is 1. The standard InChI is InChI=1S/C21H19ClN2O3/c1-26-17-5-2-4-15(12-17)18-13-20(27-23-18)21(25)24-11-3-6-19(24)14-7-9-16(22)10-8-14/h2,4-5,7-10,12-13,19H,3,6,11H2,1H3/t19-/m1/s1. The molecule has 1 saturated heterocycles. The summed E-state index contributed by atoms with van der Waals surface area (Å²) in [6, 6.07) is 16.9. The summed E-state index contributed by atoms with van der Waals surface area (Å²) in [6.45, 7) is 0.696. The molecule has 0 bridgehead atoms. The van der Waals surface area contributed by atoms with E-state index in [0.29, 0.717) is 17.3 Å². The van der Waals surface area contributed by atoms with Crippen molar-refractivity contribution in [3.05, 3.63) is 70.9 Å². The van der Waals surface area contributed by atoms with Crippen molar-refractivity contribution in [2.45, 2.75) is 18.9 Å². The van der Waals surface area contributed by atoms with E-state index in [9.17, 15) is 4.79 Å². The zero-order valence-corrected chi connectivity index (χ0v) is 15.6. The third kappa shape index (κ3) is 3.55. The maximum Gasteiger partial charge on any atom is 0.292 e. The van der Waals surface area contributed by atoms with E-state index in [1.807, 2.05) is 53.4 Å². The van der Waals surface area contributed by atoms with Gasteiger partial charge in [-0.25, -0.2) is 0 Å². The molecule has 1 aliphatic rings. The first kappa shape index (κ1) is 17.6. The summed E-state index contributed by atoms with van der Waals surface area (Å²) in [5.41, 5.74) is 2.53. The molecule has 0 N–H and O–H groups in total. The lowest BCUT2D eigenvalue weighted by atomic mass is 10.0. The number of hydrogen-bond acceptors (Lipinski definition) is 4. The van der Waals surface area contributed by atoms with Gasteiger partial charge < -0.3 is 14.2 Å². The lowest BCUT2D eigenvalue weighted by molar-refractivity contribution is 0.0693. The number of amides is 1. The van der Waals surface area contributed by atoms with Gasteiger partial charge in [0.1, 0.15) is 11.4 Å². The Morgan fingerprint density at radius 2 is 2.04 bits per heavy atom. The van der Waals surface area contributed by atoms with Crippen molar-refractivity contribution < 1.29 is 14.1 Å². The molecule has 1 aliphatic heterocycles. The minimum absolute atomic E-state index is 0.0279. The molecule has 138 valence electrons. The van der Waals surface area contributed by atoms with Gasteiger partial charge in [-0.3, -0.25) is 4.79 Å². The van der Waals surface area contributed by atoms with Gasteiger partial charge in [0.25, 0.3) is 5.91 Å². The monoisotopic (exact) mass is 382 g/mol. The predicted octanol–water partition coefficient (Wildman–Crippen LogP) is 4.98. The number of nitrogens with zero attached hydrogens (tertiary/aromatic N) is 2. The number of carbonyl (C=O) groups is 1. The lowest BCUT2D eigenvalue weighted by Crippen LogP contribution is -2.30. The van der Waals surface area contributed by atoms with Crippen LogP contribution in [0.15, 0.2) is 59.1 Å². The molecule has 1 aromatic heterocycles. The molecule has 2 heterocycles. The van der Waals surface area contributed by atoms with E-state index in [4.69, 9.17) is 20.9 Å². The van der Waals surface area contributed by atoms with Gasteiger partial charge in [-0.1, -0.05) is 41.0 Å². The summed E-state index contributed by atoms with van der Waals surface area (Å²) in [5, 5.41) is 4.76. The van der Waals surface area contributed by atoms with E-state index >= 15 is 0 Å². The first-order valence-electron chi connectivity index (χ1n) is 8.83. The molecule has 3 aromatic rings. The zero-order chi connectivity index (χ0) is 18.8. The zero-order valence-electron chi connectivity index (χ0n) is 14.9. The highest BCUT2D eigenvalue weighted by molar-refractivity contribution is 6.30. The maximum absolute atomic E-state index is 13.0. The second kappa shape index (κ2) is 7.45. The Hall–Kier alpha value is -2.79. The molecule has 1 atom stereocenters. The second-order valence-electron chi connectivity index (χ2n) is 6.52. The van der Waals surface area contributed by atoms with Crippen LogP contribution < -0.4 is 4.74 Å². The smallest absolute Gasteiger partial charge is 0.292 e. The van der Waals surface area contributed by atoms with Gasteiger partial charge in [-0.05, 0) is 42.7 Å². The third-order valence-electron chi connectivity index (χ3n) is 4.85. The van der Waals surface area contributed by atoms with Crippen molar-refractivity contribution in [1.82, 2.24) is 10.1 Å². The van der Waals surface area contributed by atoms with Gasteiger partial charge in [0.2, 0.25) is 5.76 Å². The fraction of sp³-hybridized carbons (Fsp3) is 0.238. The first-order valence-corrected chi connectivity index (χ1v) is 9.21. The number of ether oxygens (including phenoxy) is 1. The SMILES string of the molecule is COc1cccc(-c2cc(C(=O)N3CCC[C@@H]3c3ccc(Cl)cc3)on2)c1. The number of carbonyl (C=O) groups excluding carboxylic acids is 1. The highest BCUT2D eigenvalue weighted by Crippen LogP contribution is 2.34. The Morgan fingerprint density at radius 3 is 2.81 bits per heavy atom. The number of hydrogen-bond donors (Lipinski definition) is 0. The van der Waals surface area contributed by atoms with E-state index in [2.05, 4.69) is 5.16 Å². The van der Waals surface area contributed by atoms with Crippen molar-refractivity contribution in [3.63, 3.8) is 0 Å². The summed E-state index contributed by atoms with van der Waals surface area (Å²) >= 11 is 5.98. The summed E-state index contributed by atoms with van der Waals surface area (Å²) in [6.07, 6.45) is 1.88. The molecule has 4 rings (SSSR count). The van der Waals surface area contributed by atoms with Crippen LogP contribution in [0, 0.1) is 0 Å². The summed E-state index contributed by atoms with van der Waals surface area (Å²) in [4.78, 5) is 14.9. The Bertz CT molecular complexity index is 952. The molecule has 27 heavy (non-hydrogen) atoms. The maximum atomic E-state index is 13.0. The van der Waals surface area contributed by atoms with E-state index in [1.165, 1.54) is 0 Å². The van der Waals surface area contributed by atoms with Gasteiger partial charge in [0, 0.05) is 23.2 Å². The summed E-state index contributed by atoms with van der Waals surface area (Å²) < 4.78 is 10.6. The molecule has 1 fully saturated rings. The fourth-order valence-electron chi connectivity index (χ4n) is 3.48. The van der Waals surface area contributed by atoms with Gasteiger partial charge in [-0.2, -0.15) is 0 Å². The van der Waals surface area contributed by atoms with Gasteiger partial charge in [-0.15, -0.1) is 0 Å².